The van der Waals surface area contributed by atoms with Crippen LogP contribution in [0.2, 0.25) is 0 Å². The predicted molar refractivity (Wildman–Crippen MR) is 48.5 cm³/mol. The smallest absolute Gasteiger partial charge is 0.144 e. The van der Waals surface area contributed by atoms with Crippen molar-refractivity contribution in [3.05, 3.63) is 35.1 Å². The van der Waals surface area contributed by atoms with Crippen molar-refractivity contribution in [3.8, 4) is 6.07 Å². The van der Waals surface area contributed by atoms with Crippen LogP contribution in [-0.4, -0.2) is 6.04 Å². The Morgan fingerprint density at radius 2 is 2.31 bits per heavy atom. The zero-order valence-electron chi connectivity index (χ0n) is 7.42. The molecule has 0 aromatic heterocycles. The molecule has 0 radical (unpaired) electrons. The fraction of sp³-hybridized carbons (Fsp3) is 0.300. The van der Waals surface area contributed by atoms with Gasteiger partial charge in [0, 0.05) is 6.04 Å². The third-order valence-electron chi connectivity index (χ3n) is 1.74. The number of nitrogens with zero attached hydrogens (tertiary/aromatic N) is 1. The minimum Gasteiger partial charge on any atom is -0.328 e. The van der Waals surface area contributed by atoms with Crippen molar-refractivity contribution in [2.45, 2.75) is 19.4 Å². The van der Waals surface area contributed by atoms with Gasteiger partial charge in [-0.1, -0.05) is 12.1 Å². The largest absolute Gasteiger partial charge is 0.328 e. The molecule has 0 fully saturated rings. The van der Waals surface area contributed by atoms with Gasteiger partial charge in [-0.15, -0.1) is 0 Å². The van der Waals surface area contributed by atoms with Crippen molar-refractivity contribution in [2.75, 3.05) is 0 Å². The standard InChI is InChI=1S/C10H11FN2/c1-7(13)5-8-3-2-4-9(6-12)10(8)11/h2-4,7H,5,13H2,1H3/t7-/m1/s1. The van der Waals surface area contributed by atoms with E-state index in [1.807, 2.05) is 0 Å². The van der Waals surface area contributed by atoms with Crippen molar-refractivity contribution < 1.29 is 4.39 Å². The van der Waals surface area contributed by atoms with Crippen LogP contribution in [0, 0.1) is 17.1 Å². The highest BCUT2D eigenvalue weighted by Gasteiger charge is 2.08. The maximum Gasteiger partial charge on any atom is 0.144 e. The molecule has 0 heterocycles. The molecule has 0 bridgehead atoms. The van der Waals surface area contributed by atoms with Crippen molar-refractivity contribution in [1.82, 2.24) is 0 Å². The summed E-state index contributed by atoms with van der Waals surface area (Å²) in [5.74, 6) is -0.442. The van der Waals surface area contributed by atoms with Crippen LogP contribution in [0.3, 0.4) is 0 Å². The van der Waals surface area contributed by atoms with E-state index in [0.29, 0.717) is 12.0 Å². The molecule has 0 saturated carbocycles. The second-order valence-electron chi connectivity index (χ2n) is 3.07. The fourth-order valence-corrected chi connectivity index (χ4v) is 1.17. The van der Waals surface area contributed by atoms with E-state index in [4.69, 9.17) is 11.0 Å². The van der Waals surface area contributed by atoms with Crippen molar-refractivity contribution in [2.24, 2.45) is 5.73 Å². The van der Waals surface area contributed by atoms with Gasteiger partial charge in [0.2, 0.25) is 0 Å². The Hall–Kier alpha value is -1.40. The number of nitriles is 1. The summed E-state index contributed by atoms with van der Waals surface area (Å²) in [6, 6.07) is 6.48. The van der Waals surface area contributed by atoms with Gasteiger partial charge in [0.05, 0.1) is 5.56 Å². The summed E-state index contributed by atoms with van der Waals surface area (Å²) in [5, 5.41) is 8.56. The van der Waals surface area contributed by atoms with Gasteiger partial charge in [0.25, 0.3) is 0 Å². The minimum absolute atomic E-state index is 0.0816. The first-order chi connectivity index (χ1) is 6.15. The number of halogens is 1. The number of hydrogen-bond acceptors (Lipinski definition) is 2. The average Bonchev–Trinajstić information content (AvgIpc) is 2.08. The van der Waals surface area contributed by atoms with Gasteiger partial charge in [0.1, 0.15) is 11.9 Å². The molecule has 0 unspecified atom stereocenters. The maximum atomic E-state index is 13.4. The lowest BCUT2D eigenvalue weighted by molar-refractivity contribution is 0.593. The van der Waals surface area contributed by atoms with E-state index in [-0.39, 0.29) is 11.6 Å². The summed E-state index contributed by atoms with van der Waals surface area (Å²) in [6.45, 7) is 1.80. The SMILES string of the molecule is C[C@@H](N)Cc1cccc(C#N)c1F. The molecule has 0 aliphatic rings. The van der Waals surface area contributed by atoms with Crippen LogP contribution in [0.1, 0.15) is 18.1 Å². The van der Waals surface area contributed by atoms with Gasteiger partial charge in [-0.25, -0.2) is 4.39 Å². The van der Waals surface area contributed by atoms with Gasteiger partial charge in [-0.05, 0) is 25.0 Å². The van der Waals surface area contributed by atoms with E-state index < -0.39 is 5.82 Å². The second-order valence-corrected chi connectivity index (χ2v) is 3.07. The molecule has 0 aliphatic heterocycles. The molecule has 0 aliphatic carbocycles. The lowest BCUT2D eigenvalue weighted by atomic mass is 10.0. The number of rotatable bonds is 2. The zero-order chi connectivity index (χ0) is 9.84. The van der Waals surface area contributed by atoms with E-state index in [9.17, 15) is 4.39 Å². The Labute approximate surface area is 76.8 Å². The lowest BCUT2D eigenvalue weighted by Crippen LogP contribution is -2.18. The summed E-state index contributed by atoms with van der Waals surface area (Å²) >= 11 is 0. The lowest BCUT2D eigenvalue weighted by Gasteiger charge is -2.06. The van der Waals surface area contributed by atoms with Gasteiger partial charge in [0.15, 0.2) is 0 Å². The minimum atomic E-state index is -0.442. The molecule has 1 aromatic rings. The molecule has 1 aromatic carbocycles. The molecule has 2 nitrogen and oxygen atoms in total. The highest BCUT2D eigenvalue weighted by Crippen LogP contribution is 2.13. The van der Waals surface area contributed by atoms with Crippen LogP contribution >= 0.6 is 0 Å². The van der Waals surface area contributed by atoms with Gasteiger partial charge in [-0.3, -0.25) is 0 Å². The first-order valence-electron chi connectivity index (χ1n) is 4.08. The van der Waals surface area contributed by atoms with Crippen LogP contribution in [0.4, 0.5) is 4.39 Å². The Morgan fingerprint density at radius 1 is 1.62 bits per heavy atom. The molecule has 13 heavy (non-hydrogen) atoms. The van der Waals surface area contributed by atoms with Crippen molar-refractivity contribution in [1.29, 1.82) is 5.26 Å². The molecular weight excluding hydrogens is 167 g/mol. The van der Waals surface area contributed by atoms with Crippen LogP contribution in [0.15, 0.2) is 18.2 Å². The fourth-order valence-electron chi connectivity index (χ4n) is 1.17. The molecule has 0 spiro atoms. The topological polar surface area (TPSA) is 49.8 Å². The van der Waals surface area contributed by atoms with E-state index in [2.05, 4.69) is 0 Å². The van der Waals surface area contributed by atoms with E-state index in [0.717, 1.165) is 0 Å². The van der Waals surface area contributed by atoms with Gasteiger partial charge in [-0.2, -0.15) is 5.26 Å². The van der Waals surface area contributed by atoms with Crippen molar-refractivity contribution >= 4 is 0 Å². The summed E-state index contributed by atoms with van der Waals surface area (Å²) < 4.78 is 13.4. The van der Waals surface area contributed by atoms with E-state index in [1.165, 1.54) is 6.07 Å². The summed E-state index contributed by atoms with van der Waals surface area (Å²) in [5.41, 5.74) is 6.13. The molecule has 1 rings (SSSR count). The second kappa shape index (κ2) is 4.01. The number of hydrogen-bond donors (Lipinski definition) is 1. The average molecular weight is 178 g/mol. The molecular formula is C10H11FN2. The highest BCUT2D eigenvalue weighted by atomic mass is 19.1. The Morgan fingerprint density at radius 3 is 2.85 bits per heavy atom. The maximum absolute atomic E-state index is 13.4. The predicted octanol–water partition coefficient (Wildman–Crippen LogP) is 1.59. The Balaban J connectivity index is 3.03. The Kier molecular flexibility index (Phi) is 2.99. The summed E-state index contributed by atoms with van der Waals surface area (Å²) in [7, 11) is 0. The first kappa shape index (κ1) is 9.69. The molecule has 68 valence electrons. The quantitative estimate of drug-likeness (QED) is 0.747. The number of nitrogens with two attached hydrogens (primary N) is 1. The normalized spacial score (nSPS) is 12.2. The van der Waals surface area contributed by atoms with Crippen molar-refractivity contribution in [3.63, 3.8) is 0 Å². The third kappa shape index (κ3) is 2.27. The zero-order valence-corrected chi connectivity index (χ0v) is 7.42. The summed E-state index contributed by atoms with van der Waals surface area (Å²) in [6.07, 6.45) is 0.460. The molecule has 0 saturated heterocycles. The monoisotopic (exact) mass is 178 g/mol. The highest BCUT2D eigenvalue weighted by molar-refractivity contribution is 5.35. The molecule has 2 N–H and O–H groups in total. The van der Waals surface area contributed by atoms with Gasteiger partial charge >= 0.3 is 0 Å². The molecule has 3 heteroatoms. The molecule has 1 atom stereocenters. The third-order valence-corrected chi connectivity index (χ3v) is 1.74. The van der Waals surface area contributed by atoms with Crippen LogP contribution in [0.5, 0.6) is 0 Å². The Bertz CT molecular complexity index is 339. The van der Waals surface area contributed by atoms with Crippen LogP contribution in [-0.2, 0) is 6.42 Å². The van der Waals surface area contributed by atoms with Crippen LogP contribution in [0.25, 0.3) is 0 Å². The van der Waals surface area contributed by atoms with E-state index in [1.54, 1.807) is 25.1 Å². The van der Waals surface area contributed by atoms with Crippen LogP contribution < -0.4 is 5.73 Å². The first-order valence-corrected chi connectivity index (χ1v) is 4.08. The molecule has 0 amide bonds. The number of benzene rings is 1. The van der Waals surface area contributed by atoms with Gasteiger partial charge < -0.3 is 5.73 Å². The van der Waals surface area contributed by atoms with E-state index >= 15 is 0 Å². The summed E-state index contributed by atoms with van der Waals surface area (Å²) in [4.78, 5) is 0.